The maximum Gasteiger partial charge on any atom is 0.123 e. The van der Waals surface area contributed by atoms with Gasteiger partial charge in [0.25, 0.3) is 0 Å². The molecule has 120 valence electrons. The molecular formula is C21H24O2. The van der Waals surface area contributed by atoms with Crippen LogP contribution >= 0.6 is 0 Å². The summed E-state index contributed by atoms with van der Waals surface area (Å²) in [6, 6.07) is 13.1. The second-order valence-electron chi connectivity index (χ2n) is 7.04. The summed E-state index contributed by atoms with van der Waals surface area (Å²) in [6.45, 7) is 4.29. The lowest BCUT2D eigenvalue weighted by molar-refractivity contribution is 0.187. The van der Waals surface area contributed by atoms with Crippen LogP contribution in [-0.2, 0) is 12.8 Å². The van der Waals surface area contributed by atoms with Crippen LogP contribution in [0.1, 0.15) is 41.5 Å². The van der Waals surface area contributed by atoms with Crippen LogP contribution in [0.2, 0.25) is 0 Å². The van der Waals surface area contributed by atoms with Gasteiger partial charge in [-0.1, -0.05) is 35.4 Å². The largest absolute Gasteiger partial charge is 0.490 e. The maximum atomic E-state index is 6.44. The summed E-state index contributed by atoms with van der Waals surface area (Å²) in [7, 11) is 0. The lowest BCUT2D eigenvalue weighted by atomic mass is 10.0. The summed E-state index contributed by atoms with van der Waals surface area (Å²) < 4.78 is 12.9. The molecule has 0 radical (unpaired) electrons. The van der Waals surface area contributed by atoms with Gasteiger partial charge in [0, 0.05) is 12.8 Å². The first-order valence-corrected chi connectivity index (χ1v) is 8.70. The van der Waals surface area contributed by atoms with Crippen molar-refractivity contribution in [1.29, 1.82) is 0 Å². The molecule has 2 heterocycles. The van der Waals surface area contributed by atoms with Crippen molar-refractivity contribution in [2.24, 2.45) is 0 Å². The Morgan fingerprint density at radius 1 is 0.739 bits per heavy atom. The van der Waals surface area contributed by atoms with Crippen LogP contribution in [0.3, 0.4) is 0 Å². The summed E-state index contributed by atoms with van der Waals surface area (Å²) >= 11 is 0. The minimum atomic E-state index is 0.234. The minimum absolute atomic E-state index is 0.234. The van der Waals surface area contributed by atoms with Crippen molar-refractivity contribution in [2.45, 2.75) is 58.2 Å². The van der Waals surface area contributed by atoms with Crippen LogP contribution in [0, 0.1) is 13.8 Å². The Hall–Kier alpha value is -1.96. The van der Waals surface area contributed by atoms with Crippen molar-refractivity contribution in [3.8, 4) is 11.5 Å². The highest BCUT2D eigenvalue weighted by Crippen LogP contribution is 2.33. The topological polar surface area (TPSA) is 18.5 Å². The van der Waals surface area contributed by atoms with Gasteiger partial charge in [0.2, 0.25) is 0 Å². The van der Waals surface area contributed by atoms with Gasteiger partial charge in [-0.05, 0) is 56.4 Å². The van der Waals surface area contributed by atoms with Gasteiger partial charge in [-0.2, -0.15) is 0 Å². The summed E-state index contributed by atoms with van der Waals surface area (Å²) in [5, 5.41) is 0. The second-order valence-corrected chi connectivity index (χ2v) is 7.04. The number of benzene rings is 2. The fourth-order valence-electron chi connectivity index (χ4n) is 3.79. The zero-order valence-corrected chi connectivity index (χ0v) is 14.0. The normalized spacial score (nSPS) is 23.0. The molecule has 2 nitrogen and oxygen atoms in total. The molecule has 2 aliphatic heterocycles. The third-order valence-electron chi connectivity index (χ3n) is 4.97. The molecule has 0 spiro atoms. The van der Waals surface area contributed by atoms with E-state index in [-0.39, 0.29) is 12.2 Å². The average Bonchev–Trinajstić information content (AvgIpc) is 2.64. The maximum absolute atomic E-state index is 6.44. The molecule has 0 fully saturated rings. The average molecular weight is 308 g/mol. The minimum Gasteiger partial charge on any atom is -0.490 e. The molecule has 4 rings (SSSR count). The predicted octanol–water partition coefficient (Wildman–Crippen LogP) is 4.78. The van der Waals surface area contributed by atoms with E-state index < -0.39 is 0 Å². The summed E-state index contributed by atoms with van der Waals surface area (Å²) in [5.41, 5.74) is 5.15. The summed E-state index contributed by atoms with van der Waals surface area (Å²) in [5.74, 6) is 2.10. The Morgan fingerprint density at radius 2 is 1.22 bits per heavy atom. The van der Waals surface area contributed by atoms with Gasteiger partial charge in [0.1, 0.15) is 23.7 Å². The highest BCUT2D eigenvalue weighted by Gasteiger charge is 2.25. The molecule has 2 atom stereocenters. The fourth-order valence-corrected chi connectivity index (χ4v) is 3.79. The van der Waals surface area contributed by atoms with Gasteiger partial charge in [0.15, 0.2) is 0 Å². The highest BCUT2D eigenvalue weighted by atomic mass is 16.5. The van der Waals surface area contributed by atoms with Crippen molar-refractivity contribution in [3.05, 3.63) is 58.7 Å². The quantitative estimate of drug-likeness (QED) is 0.697. The van der Waals surface area contributed by atoms with Crippen LogP contribution in [0.5, 0.6) is 11.5 Å². The van der Waals surface area contributed by atoms with Crippen molar-refractivity contribution >= 4 is 0 Å². The van der Waals surface area contributed by atoms with Gasteiger partial charge in [-0.15, -0.1) is 0 Å². The second kappa shape index (κ2) is 5.92. The van der Waals surface area contributed by atoms with Crippen LogP contribution in [0.15, 0.2) is 36.4 Å². The molecule has 0 saturated carbocycles. The standard InChI is InChI=1S/C21H24O2/c1-14-6-8-20-16(10-14)12-18-4-3-5-19(22-20)13-17-11-15(2)7-9-21(17)23-18/h6-11,18-19H,3-5,12-13H2,1-2H3. The van der Waals surface area contributed by atoms with Gasteiger partial charge in [0.05, 0.1) is 0 Å². The predicted molar refractivity (Wildman–Crippen MR) is 92.4 cm³/mol. The van der Waals surface area contributed by atoms with Gasteiger partial charge in [-0.3, -0.25) is 0 Å². The zero-order chi connectivity index (χ0) is 15.8. The lowest BCUT2D eigenvalue weighted by Gasteiger charge is -2.25. The van der Waals surface area contributed by atoms with E-state index in [9.17, 15) is 0 Å². The van der Waals surface area contributed by atoms with Crippen molar-refractivity contribution in [2.75, 3.05) is 0 Å². The Kier molecular flexibility index (Phi) is 3.76. The third-order valence-corrected chi connectivity index (χ3v) is 4.97. The van der Waals surface area contributed by atoms with Gasteiger partial charge >= 0.3 is 0 Å². The van der Waals surface area contributed by atoms with E-state index in [1.807, 2.05) is 0 Å². The molecule has 2 unspecified atom stereocenters. The Morgan fingerprint density at radius 3 is 1.70 bits per heavy atom. The number of rotatable bonds is 0. The highest BCUT2D eigenvalue weighted by molar-refractivity contribution is 5.41. The molecule has 0 aliphatic carbocycles. The van der Waals surface area contributed by atoms with Crippen LogP contribution in [0.4, 0.5) is 0 Å². The van der Waals surface area contributed by atoms with Crippen molar-refractivity contribution in [3.63, 3.8) is 0 Å². The molecule has 2 aliphatic rings. The van der Waals surface area contributed by atoms with E-state index in [1.54, 1.807) is 0 Å². The molecule has 2 aromatic rings. The van der Waals surface area contributed by atoms with Gasteiger partial charge in [-0.25, -0.2) is 0 Å². The van der Waals surface area contributed by atoms with Crippen LogP contribution < -0.4 is 9.47 Å². The van der Waals surface area contributed by atoms with Crippen molar-refractivity contribution in [1.82, 2.24) is 0 Å². The number of hydrogen-bond donors (Lipinski definition) is 0. The zero-order valence-electron chi connectivity index (χ0n) is 14.0. The monoisotopic (exact) mass is 308 g/mol. The molecule has 0 saturated heterocycles. The van der Waals surface area contributed by atoms with E-state index in [1.165, 1.54) is 22.3 Å². The Balaban J connectivity index is 1.78. The van der Waals surface area contributed by atoms with Gasteiger partial charge < -0.3 is 9.47 Å². The first kappa shape index (κ1) is 14.6. The number of aryl methyl sites for hydroxylation is 2. The molecule has 23 heavy (non-hydrogen) atoms. The Labute approximate surface area is 138 Å². The van der Waals surface area contributed by atoms with Crippen molar-refractivity contribution < 1.29 is 9.47 Å². The molecule has 0 aromatic heterocycles. The van der Waals surface area contributed by atoms with Crippen LogP contribution in [0.25, 0.3) is 0 Å². The number of fused-ring (bicyclic) bond motifs is 6. The molecule has 2 heteroatoms. The number of hydrogen-bond acceptors (Lipinski definition) is 2. The van der Waals surface area contributed by atoms with Crippen LogP contribution in [-0.4, -0.2) is 12.2 Å². The fraction of sp³-hybridized carbons (Fsp3) is 0.429. The molecule has 0 amide bonds. The van der Waals surface area contributed by atoms with E-state index in [4.69, 9.17) is 9.47 Å². The first-order valence-electron chi connectivity index (χ1n) is 8.70. The molecule has 2 bridgehead atoms. The van der Waals surface area contributed by atoms with E-state index >= 15 is 0 Å². The van der Waals surface area contributed by atoms with E-state index in [0.29, 0.717) is 0 Å². The number of ether oxygens (including phenoxy) is 2. The van der Waals surface area contributed by atoms with E-state index in [2.05, 4.69) is 50.2 Å². The van der Waals surface area contributed by atoms with E-state index in [0.717, 1.165) is 43.6 Å². The molecular weight excluding hydrogens is 284 g/mol. The lowest BCUT2D eigenvalue weighted by Crippen LogP contribution is -2.22. The molecule has 0 N–H and O–H groups in total. The Bertz CT molecular complexity index is 658. The molecule has 2 aromatic carbocycles. The first-order chi connectivity index (χ1) is 11.2. The summed E-state index contributed by atoms with van der Waals surface area (Å²) in [4.78, 5) is 0. The SMILES string of the molecule is Cc1ccc2c(c1)CC1CCCC(Cc3cc(C)ccc3O1)O2. The smallest absolute Gasteiger partial charge is 0.123 e. The summed E-state index contributed by atoms with van der Waals surface area (Å²) in [6.07, 6.45) is 5.68. The third kappa shape index (κ3) is 3.08.